The molecule has 0 fully saturated rings. The van der Waals surface area contributed by atoms with E-state index in [1.807, 2.05) is 30.3 Å². The standard InChI is InChI=1S/C15H19NO2/c1-12(9-15-7-4-8-18-15)16-11-13-5-3-6-14(10-13)17-2/h3-8,10,12,16H,9,11H2,1-2H3. The molecule has 1 unspecified atom stereocenters. The predicted octanol–water partition coefficient (Wildman–Crippen LogP) is 3.01. The van der Waals surface area contributed by atoms with Crippen molar-refractivity contribution >= 4 is 0 Å². The zero-order valence-corrected chi connectivity index (χ0v) is 10.8. The number of furan rings is 1. The van der Waals surface area contributed by atoms with E-state index in [9.17, 15) is 0 Å². The summed E-state index contributed by atoms with van der Waals surface area (Å²) < 4.78 is 10.5. The van der Waals surface area contributed by atoms with E-state index in [4.69, 9.17) is 9.15 Å². The zero-order valence-electron chi connectivity index (χ0n) is 10.8. The van der Waals surface area contributed by atoms with Crippen molar-refractivity contribution in [2.75, 3.05) is 7.11 Å². The van der Waals surface area contributed by atoms with Gasteiger partial charge in [-0.3, -0.25) is 0 Å². The Bertz CT molecular complexity index is 465. The Balaban J connectivity index is 1.83. The molecule has 0 saturated heterocycles. The van der Waals surface area contributed by atoms with Crippen molar-refractivity contribution in [2.45, 2.75) is 25.9 Å². The first-order valence-corrected chi connectivity index (χ1v) is 6.16. The molecule has 0 amide bonds. The number of benzene rings is 1. The first-order valence-electron chi connectivity index (χ1n) is 6.16. The Morgan fingerprint density at radius 1 is 1.28 bits per heavy atom. The Labute approximate surface area is 108 Å². The van der Waals surface area contributed by atoms with Crippen LogP contribution in [0.5, 0.6) is 5.75 Å². The second-order valence-electron chi connectivity index (χ2n) is 4.42. The van der Waals surface area contributed by atoms with Crippen LogP contribution < -0.4 is 10.1 Å². The fourth-order valence-electron chi connectivity index (χ4n) is 1.88. The fraction of sp³-hybridized carbons (Fsp3) is 0.333. The molecule has 0 aliphatic rings. The van der Waals surface area contributed by atoms with Gasteiger partial charge in [0, 0.05) is 19.0 Å². The molecule has 1 heterocycles. The van der Waals surface area contributed by atoms with Crippen LogP contribution in [-0.4, -0.2) is 13.2 Å². The molecule has 2 aromatic rings. The third-order valence-electron chi connectivity index (χ3n) is 2.88. The fourth-order valence-corrected chi connectivity index (χ4v) is 1.88. The van der Waals surface area contributed by atoms with Crippen LogP contribution >= 0.6 is 0 Å². The van der Waals surface area contributed by atoms with Gasteiger partial charge in [0.15, 0.2) is 0 Å². The maximum atomic E-state index is 5.33. The van der Waals surface area contributed by atoms with Gasteiger partial charge in [-0.1, -0.05) is 12.1 Å². The van der Waals surface area contributed by atoms with Gasteiger partial charge in [-0.25, -0.2) is 0 Å². The molecule has 0 spiro atoms. The molecule has 3 nitrogen and oxygen atoms in total. The molecule has 0 saturated carbocycles. The summed E-state index contributed by atoms with van der Waals surface area (Å²) in [6, 6.07) is 12.4. The summed E-state index contributed by atoms with van der Waals surface area (Å²) in [6.07, 6.45) is 2.61. The van der Waals surface area contributed by atoms with Gasteiger partial charge in [-0.15, -0.1) is 0 Å². The summed E-state index contributed by atoms with van der Waals surface area (Å²) in [4.78, 5) is 0. The van der Waals surface area contributed by atoms with E-state index < -0.39 is 0 Å². The summed E-state index contributed by atoms with van der Waals surface area (Å²) in [5.41, 5.74) is 1.22. The van der Waals surface area contributed by atoms with Gasteiger partial charge < -0.3 is 14.5 Å². The molecular formula is C15H19NO2. The third kappa shape index (κ3) is 3.64. The Hall–Kier alpha value is -1.74. The van der Waals surface area contributed by atoms with E-state index >= 15 is 0 Å². The van der Waals surface area contributed by atoms with Crippen molar-refractivity contribution in [3.8, 4) is 5.75 Å². The minimum absolute atomic E-state index is 0.377. The summed E-state index contributed by atoms with van der Waals surface area (Å²) >= 11 is 0. The van der Waals surface area contributed by atoms with Gasteiger partial charge in [0.25, 0.3) is 0 Å². The van der Waals surface area contributed by atoms with Gasteiger partial charge in [0.1, 0.15) is 11.5 Å². The lowest BCUT2D eigenvalue weighted by atomic mass is 10.1. The first kappa shape index (κ1) is 12.7. The predicted molar refractivity (Wildman–Crippen MR) is 71.7 cm³/mol. The molecule has 1 atom stereocenters. The summed E-state index contributed by atoms with van der Waals surface area (Å²) in [6.45, 7) is 2.99. The first-order chi connectivity index (χ1) is 8.78. The van der Waals surface area contributed by atoms with Crippen molar-refractivity contribution in [1.82, 2.24) is 5.32 Å². The van der Waals surface area contributed by atoms with Gasteiger partial charge in [-0.05, 0) is 36.8 Å². The molecule has 96 valence electrons. The number of hydrogen-bond donors (Lipinski definition) is 1. The SMILES string of the molecule is COc1cccc(CNC(C)Cc2ccco2)c1. The maximum Gasteiger partial charge on any atom is 0.119 e. The van der Waals surface area contributed by atoms with Crippen LogP contribution in [0.15, 0.2) is 47.1 Å². The lowest BCUT2D eigenvalue weighted by Crippen LogP contribution is -2.27. The molecule has 1 N–H and O–H groups in total. The summed E-state index contributed by atoms with van der Waals surface area (Å²) in [5.74, 6) is 1.91. The van der Waals surface area contributed by atoms with Crippen LogP contribution in [-0.2, 0) is 13.0 Å². The maximum absolute atomic E-state index is 5.33. The van der Waals surface area contributed by atoms with E-state index in [0.717, 1.165) is 24.5 Å². The van der Waals surface area contributed by atoms with Crippen LogP contribution in [0.4, 0.5) is 0 Å². The molecule has 0 aliphatic heterocycles. The second-order valence-corrected chi connectivity index (χ2v) is 4.42. The van der Waals surface area contributed by atoms with Gasteiger partial charge in [0.05, 0.1) is 13.4 Å². The minimum atomic E-state index is 0.377. The van der Waals surface area contributed by atoms with E-state index in [1.165, 1.54) is 5.56 Å². The van der Waals surface area contributed by atoms with Crippen molar-refractivity contribution in [1.29, 1.82) is 0 Å². The lowest BCUT2D eigenvalue weighted by Gasteiger charge is -2.12. The monoisotopic (exact) mass is 245 g/mol. The quantitative estimate of drug-likeness (QED) is 0.849. The van der Waals surface area contributed by atoms with Crippen molar-refractivity contribution in [3.63, 3.8) is 0 Å². The van der Waals surface area contributed by atoms with E-state index in [2.05, 4.69) is 18.3 Å². The average Bonchev–Trinajstić information content (AvgIpc) is 2.89. The Morgan fingerprint density at radius 3 is 2.89 bits per heavy atom. The number of hydrogen-bond acceptors (Lipinski definition) is 3. The third-order valence-corrected chi connectivity index (χ3v) is 2.88. The van der Waals surface area contributed by atoms with E-state index in [1.54, 1.807) is 13.4 Å². The number of nitrogens with one attached hydrogen (secondary N) is 1. The van der Waals surface area contributed by atoms with Gasteiger partial charge in [-0.2, -0.15) is 0 Å². The number of ether oxygens (including phenoxy) is 1. The minimum Gasteiger partial charge on any atom is -0.497 e. The van der Waals surface area contributed by atoms with Crippen LogP contribution in [0.3, 0.4) is 0 Å². The van der Waals surface area contributed by atoms with E-state index in [-0.39, 0.29) is 0 Å². The van der Waals surface area contributed by atoms with Gasteiger partial charge in [0.2, 0.25) is 0 Å². The average molecular weight is 245 g/mol. The molecule has 18 heavy (non-hydrogen) atoms. The normalized spacial score (nSPS) is 12.3. The van der Waals surface area contributed by atoms with Gasteiger partial charge >= 0.3 is 0 Å². The largest absolute Gasteiger partial charge is 0.497 e. The molecule has 1 aromatic heterocycles. The molecule has 3 heteroatoms. The topological polar surface area (TPSA) is 34.4 Å². The Kier molecular flexibility index (Phi) is 4.42. The highest BCUT2D eigenvalue weighted by Crippen LogP contribution is 2.12. The molecule has 1 aromatic carbocycles. The highest BCUT2D eigenvalue weighted by atomic mass is 16.5. The Morgan fingerprint density at radius 2 is 2.17 bits per heavy atom. The number of methoxy groups -OCH3 is 1. The molecule has 2 rings (SSSR count). The molecule has 0 bridgehead atoms. The van der Waals surface area contributed by atoms with Crippen molar-refractivity contribution in [3.05, 3.63) is 54.0 Å². The smallest absolute Gasteiger partial charge is 0.119 e. The zero-order chi connectivity index (χ0) is 12.8. The molecule has 0 radical (unpaired) electrons. The van der Waals surface area contributed by atoms with Crippen LogP contribution in [0.25, 0.3) is 0 Å². The summed E-state index contributed by atoms with van der Waals surface area (Å²) in [5, 5.41) is 3.47. The van der Waals surface area contributed by atoms with Crippen LogP contribution in [0.2, 0.25) is 0 Å². The van der Waals surface area contributed by atoms with Crippen LogP contribution in [0, 0.1) is 0 Å². The second kappa shape index (κ2) is 6.26. The van der Waals surface area contributed by atoms with Crippen molar-refractivity contribution in [2.24, 2.45) is 0 Å². The molecular weight excluding hydrogens is 226 g/mol. The summed E-state index contributed by atoms with van der Waals surface area (Å²) in [7, 11) is 1.69. The molecule has 0 aliphatic carbocycles. The lowest BCUT2D eigenvalue weighted by molar-refractivity contribution is 0.413. The number of rotatable bonds is 6. The highest BCUT2D eigenvalue weighted by Gasteiger charge is 2.05. The highest BCUT2D eigenvalue weighted by molar-refractivity contribution is 5.28. The van der Waals surface area contributed by atoms with Crippen LogP contribution in [0.1, 0.15) is 18.2 Å². The van der Waals surface area contributed by atoms with E-state index in [0.29, 0.717) is 6.04 Å². The van der Waals surface area contributed by atoms with Crippen molar-refractivity contribution < 1.29 is 9.15 Å².